The summed E-state index contributed by atoms with van der Waals surface area (Å²) >= 11 is 0. The summed E-state index contributed by atoms with van der Waals surface area (Å²) in [5.74, 6) is 0.963. The summed E-state index contributed by atoms with van der Waals surface area (Å²) in [6.07, 6.45) is 3.90. The van der Waals surface area contributed by atoms with E-state index in [1.54, 1.807) is 24.5 Å². The van der Waals surface area contributed by atoms with E-state index in [0.717, 1.165) is 12.8 Å². The van der Waals surface area contributed by atoms with Crippen molar-refractivity contribution in [2.24, 2.45) is 5.92 Å². The van der Waals surface area contributed by atoms with Crippen LogP contribution in [0.5, 0.6) is 11.5 Å². The second-order valence-corrected chi connectivity index (χ2v) is 7.40. The van der Waals surface area contributed by atoms with Crippen molar-refractivity contribution in [1.29, 1.82) is 0 Å². The number of carbonyl (C=O) groups is 2. The number of aromatic nitrogens is 3. The first kappa shape index (κ1) is 20.6. The molecule has 1 unspecified atom stereocenters. The quantitative estimate of drug-likeness (QED) is 0.662. The highest BCUT2D eigenvalue weighted by Crippen LogP contribution is 2.35. The zero-order chi connectivity index (χ0) is 21.0. The van der Waals surface area contributed by atoms with Gasteiger partial charge in [-0.15, -0.1) is 10.2 Å². The Bertz CT molecular complexity index is 853. The van der Waals surface area contributed by atoms with Gasteiger partial charge in [0.15, 0.2) is 5.82 Å². The molecular weight excluding hydrogens is 374 g/mol. The van der Waals surface area contributed by atoms with E-state index in [0.29, 0.717) is 28.9 Å². The lowest BCUT2D eigenvalue weighted by molar-refractivity contribution is -0.124. The van der Waals surface area contributed by atoms with Gasteiger partial charge in [0.25, 0.3) is 5.91 Å². The van der Waals surface area contributed by atoms with E-state index in [1.807, 2.05) is 18.4 Å². The van der Waals surface area contributed by atoms with Gasteiger partial charge in [-0.05, 0) is 30.9 Å². The first-order valence-electron chi connectivity index (χ1n) is 9.63. The smallest absolute Gasteiger partial charge is 0.252 e. The molecule has 9 nitrogen and oxygen atoms in total. The van der Waals surface area contributed by atoms with Gasteiger partial charge < -0.3 is 24.7 Å². The number of carbonyl (C=O) groups excluding carboxylic acids is 2. The molecule has 1 atom stereocenters. The lowest BCUT2D eigenvalue weighted by atomic mass is 10.0. The maximum absolute atomic E-state index is 12.8. The summed E-state index contributed by atoms with van der Waals surface area (Å²) in [6.45, 7) is 4.02. The van der Waals surface area contributed by atoms with E-state index in [4.69, 9.17) is 9.47 Å². The molecule has 0 aliphatic heterocycles. The fourth-order valence-corrected chi connectivity index (χ4v) is 3.02. The molecule has 1 aromatic heterocycles. The van der Waals surface area contributed by atoms with Crippen LogP contribution in [-0.4, -0.2) is 46.8 Å². The van der Waals surface area contributed by atoms with Crippen LogP contribution in [0.15, 0.2) is 24.5 Å². The normalized spacial score (nSPS) is 14.4. The van der Waals surface area contributed by atoms with E-state index in [2.05, 4.69) is 20.8 Å². The van der Waals surface area contributed by atoms with Crippen molar-refractivity contribution in [3.63, 3.8) is 0 Å². The van der Waals surface area contributed by atoms with Gasteiger partial charge in [-0.1, -0.05) is 13.8 Å². The van der Waals surface area contributed by atoms with E-state index in [9.17, 15) is 9.59 Å². The molecule has 1 aliphatic rings. The zero-order valence-corrected chi connectivity index (χ0v) is 17.1. The highest BCUT2D eigenvalue weighted by Gasteiger charge is 2.28. The number of ether oxygens (including phenoxy) is 2. The molecule has 0 radical (unpaired) electrons. The van der Waals surface area contributed by atoms with Crippen LogP contribution >= 0.6 is 0 Å². The molecule has 3 rings (SSSR count). The largest absolute Gasteiger partial charge is 0.497 e. The highest BCUT2D eigenvalue weighted by molar-refractivity contribution is 5.98. The molecule has 2 amide bonds. The van der Waals surface area contributed by atoms with E-state index >= 15 is 0 Å². The Hall–Kier alpha value is -3.10. The second-order valence-electron chi connectivity index (χ2n) is 7.40. The first-order chi connectivity index (χ1) is 13.9. The van der Waals surface area contributed by atoms with Crippen molar-refractivity contribution < 1.29 is 19.1 Å². The monoisotopic (exact) mass is 401 g/mol. The van der Waals surface area contributed by atoms with Crippen LogP contribution in [-0.2, 0) is 11.3 Å². The van der Waals surface area contributed by atoms with Crippen molar-refractivity contribution in [2.45, 2.75) is 45.3 Å². The zero-order valence-electron chi connectivity index (χ0n) is 17.1. The summed E-state index contributed by atoms with van der Waals surface area (Å²) in [5, 5.41) is 13.7. The van der Waals surface area contributed by atoms with Crippen LogP contribution < -0.4 is 20.1 Å². The summed E-state index contributed by atoms with van der Waals surface area (Å²) < 4.78 is 12.4. The molecule has 2 N–H and O–H groups in total. The fourth-order valence-electron chi connectivity index (χ4n) is 3.02. The maximum Gasteiger partial charge on any atom is 0.252 e. The number of rotatable bonds is 9. The van der Waals surface area contributed by atoms with E-state index in [-0.39, 0.29) is 24.3 Å². The number of nitrogens with zero attached hydrogens (tertiary/aromatic N) is 3. The van der Waals surface area contributed by atoms with Crippen LogP contribution in [0.4, 0.5) is 0 Å². The first-order valence-corrected chi connectivity index (χ1v) is 9.63. The Morgan fingerprint density at radius 3 is 2.38 bits per heavy atom. The van der Waals surface area contributed by atoms with Crippen molar-refractivity contribution in [3.8, 4) is 11.5 Å². The SMILES string of the molecule is COc1cc(OC)cc(C(=O)NC(C(=O)NCc2nncn2C2CC2)C(C)C)c1. The third-order valence-electron chi connectivity index (χ3n) is 4.86. The van der Waals surface area contributed by atoms with E-state index < -0.39 is 6.04 Å². The van der Waals surface area contributed by atoms with Crippen molar-refractivity contribution >= 4 is 11.8 Å². The fraction of sp³-hybridized carbons (Fsp3) is 0.500. The van der Waals surface area contributed by atoms with Crippen LogP contribution in [0.1, 0.15) is 48.9 Å². The van der Waals surface area contributed by atoms with Crippen LogP contribution in [0.2, 0.25) is 0 Å². The molecular formula is C20H27N5O4. The van der Waals surface area contributed by atoms with Gasteiger partial charge >= 0.3 is 0 Å². The third kappa shape index (κ3) is 5.04. The van der Waals surface area contributed by atoms with Crippen LogP contribution in [0, 0.1) is 5.92 Å². The summed E-state index contributed by atoms with van der Waals surface area (Å²) in [7, 11) is 3.03. The van der Waals surface area contributed by atoms with Gasteiger partial charge in [-0.25, -0.2) is 0 Å². The number of benzene rings is 1. The third-order valence-corrected chi connectivity index (χ3v) is 4.86. The Balaban J connectivity index is 1.66. The minimum absolute atomic E-state index is 0.104. The number of nitrogens with one attached hydrogen (secondary N) is 2. The average molecular weight is 401 g/mol. The minimum Gasteiger partial charge on any atom is -0.497 e. The molecule has 2 aromatic rings. The van der Waals surface area contributed by atoms with Gasteiger partial charge in [0.05, 0.1) is 20.8 Å². The summed E-state index contributed by atoms with van der Waals surface area (Å²) in [5.41, 5.74) is 0.355. The molecule has 1 fully saturated rings. The van der Waals surface area contributed by atoms with Gasteiger partial charge in [-0.3, -0.25) is 9.59 Å². The summed E-state index contributed by atoms with van der Waals surface area (Å²) in [6, 6.07) is 4.62. The predicted octanol–water partition coefficient (Wildman–Crippen LogP) is 1.70. The molecule has 9 heteroatoms. The molecule has 0 bridgehead atoms. The van der Waals surface area contributed by atoms with E-state index in [1.165, 1.54) is 14.2 Å². The predicted molar refractivity (Wildman–Crippen MR) is 106 cm³/mol. The number of hydrogen-bond acceptors (Lipinski definition) is 6. The highest BCUT2D eigenvalue weighted by atomic mass is 16.5. The van der Waals surface area contributed by atoms with Crippen LogP contribution in [0.25, 0.3) is 0 Å². The van der Waals surface area contributed by atoms with Crippen molar-refractivity contribution in [1.82, 2.24) is 25.4 Å². The lowest BCUT2D eigenvalue weighted by Gasteiger charge is -2.22. The molecule has 29 heavy (non-hydrogen) atoms. The molecule has 1 aromatic carbocycles. The Morgan fingerprint density at radius 2 is 1.83 bits per heavy atom. The number of amides is 2. The summed E-state index contributed by atoms with van der Waals surface area (Å²) in [4.78, 5) is 25.5. The molecule has 156 valence electrons. The standard InChI is InChI=1S/C20H27N5O4/c1-12(2)18(20(27)21-10-17-24-22-11-25(17)14-5-6-14)23-19(26)13-7-15(28-3)9-16(8-13)29-4/h7-9,11-12,14,18H,5-6,10H2,1-4H3,(H,21,27)(H,23,26). The molecule has 1 aliphatic carbocycles. The van der Waals surface area contributed by atoms with Gasteiger partial charge in [0.2, 0.25) is 5.91 Å². The second kappa shape index (κ2) is 8.93. The van der Waals surface area contributed by atoms with Gasteiger partial charge in [0, 0.05) is 17.7 Å². The van der Waals surface area contributed by atoms with Crippen LogP contribution in [0.3, 0.4) is 0 Å². The van der Waals surface area contributed by atoms with Crippen molar-refractivity contribution in [2.75, 3.05) is 14.2 Å². The Morgan fingerprint density at radius 1 is 1.17 bits per heavy atom. The lowest BCUT2D eigenvalue weighted by Crippen LogP contribution is -2.49. The maximum atomic E-state index is 12.8. The van der Waals surface area contributed by atoms with Gasteiger partial charge in [0.1, 0.15) is 23.9 Å². The molecule has 1 saturated carbocycles. The minimum atomic E-state index is -0.697. The number of methoxy groups -OCH3 is 2. The molecule has 0 spiro atoms. The Kier molecular flexibility index (Phi) is 6.36. The Labute approximate surface area is 169 Å². The topological polar surface area (TPSA) is 107 Å². The molecule has 0 saturated heterocycles. The van der Waals surface area contributed by atoms with Gasteiger partial charge in [-0.2, -0.15) is 0 Å². The van der Waals surface area contributed by atoms with Crippen molar-refractivity contribution in [3.05, 3.63) is 35.9 Å². The number of hydrogen-bond donors (Lipinski definition) is 2. The average Bonchev–Trinajstić information content (AvgIpc) is 3.46. The molecule has 1 heterocycles.